The molecule has 3 aromatic rings. The molecule has 9 heteroatoms. The molecule has 0 fully saturated rings. The monoisotopic (exact) mass is 444 g/mol. The molecule has 2 heterocycles. The van der Waals surface area contributed by atoms with Gasteiger partial charge in [-0.05, 0) is 52.3 Å². The number of amides is 2. The van der Waals surface area contributed by atoms with Crippen molar-refractivity contribution in [2.24, 2.45) is 0 Å². The predicted octanol–water partition coefficient (Wildman–Crippen LogP) is 3.04. The molecular formula is C19H14BrFN4O3. The molecule has 0 atom stereocenters. The van der Waals surface area contributed by atoms with Gasteiger partial charge < -0.3 is 15.2 Å². The Bertz CT molecular complexity index is 1090. The molecule has 2 N–H and O–H groups in total. The van der Waals surface area contributed by atoms with E-state index in [0.29, 0.717) is 4.47 Å². The SMILES string of the molecule is O=C(Cn1cc(Br)ccc1=O)Nc1cc(F)ccc1NC(=O)c1ccccn1. The van der Waals surface area contributed by atoms with Gasteiger partial charge in [0.25, 0.3) is 11.5 Å². The van der Waals surface area contributed by atoms with Crippen molar-refractivity contribution in [3.63, 3.8) is 0 Å². The summed E-state index contributed by atoms with van der Waals surface area (Å²) in [7, 11) is 0. The number of anilines is 2. The van der Waals surface area contributed by atoms with Crippen LogP contribution < -0.4 is 16.2 Å². The fraction of sp³-hybridized carbons (Fsp3) is 0.0526. The van der Waals surface area contributed by atoms with E-state index in [1.165, 1.54) is 35.2 Å². The van der Waals surface area contributed by atoms with E-state index in [9.17, 15) is 18.8 Å². The molecule has 0 aliphatic rings. The van der Waals surface area contributed by atoms with Crippen molar-refractivity contribution in [2.45, 2.75) is 6.54 Å². The molecule has 2 aromatic heterocycles. The molecule has 0 aliphatic heterocycles. The highest BCUT2D eigenvalue weighted by atomic mass is 79.9. The van der Waals surface area contributed by atoms with Gasteiger partial charge in [-0.25, -0.2) is 4.39 Å². The lowest BCUT2D eigenvalue weighted by atomic mass is 10.2. The largest absolute Gasteiger partial charge is 0.323 e. The van der Waals surface area contributed by atoms with Crippen molar-refractivity contribution in [1.29, 1.82) is 0 Å². The molecule has 0 spiro atoms. The summed E-state index contributed by atoms with van der Waals surface area (Å²) in [5.41, 5.74) is 0.0791. The number of carbonyl (C=O) groups excluding carboxylic acids is 2. The molecule has 142 valence electrons. The average molecular weight is 445 g/mol. The van der Waals surface area contributed by atoms with Crippen LogP contribution in [0.5, 0.6) is 0 Å². The van der Waals surface area contributed by atoms with E-state index >= 15 is 0 Å². The zero-order chi connectivity index (χ0) is 20.1. The van der Waals surface area contributed by atoms with Crippen molar-refractivity contribution in [1.82, 2.24) is 9.55 Å². The third-order valence-corrected chi connectivity index (χ3v) is 4.13. The number of nitrogens with one attached hydrogen (secondary N) is 2. The van der Waals surface area contributed by atoms with E-state index in [4.69, 9.17) is 0 Å². The summed E-state index contributed by atoms with van der Waals surface area (Å²) in [5.74, 6) is -1.66. The summed E-state index contributed by atoms with van der Waals surface area (Å²) in [6.45, 7) is -0.275. The van der Waals surface area contributed by atoms with Crippen molar-refractivity contribution in [2.75, 3.05) is 10.6 Å². The molecule has 0 bridgehead atoms. The van der Waals surface area contributed by atoms with Gasteiger partial charge in [-0.15, -0.1) is 0 Å². The minimum Gasteiger partial charge on any atom is -0.323 e. The van der Waals surface area contributed by atoms with Gasteiger partial charge in [-0.2, -0.15) is 0 Å². The lowest BCUT2D eigenvalue weighted by molar-refractivity contribution is -0.116. The Morgan fingerprint density at radius 1 is 1.07 bits per heavy atom. The second-order valence-corrected chi connectivity index (χ2v) is 6.64. The van der Waals surface area contributed by atoms with Crippen LogP contribution in [0.4, 0.5) is 15.8 Å². The van der Waals surface area contributed by atoms with Crippen LogP contribution in [0.25, 0.3) is 0 Å². The normalized spacial score (nSPS) is 10.4. The quantitative estimate of drug-likeness (QED) is 0.632. The number of pyridine rings is 2. The second kappa shape index (κ2) is 8.57. The summed E-state index contributed by atoms with van der Waals surface area (Å²) in [5, 5.41) is 5.10. The van der Waals surface area contributed by atoms with Crippen LogP contribution in [0.3, 0.4) is 0 Å². The number of rotatable bonds is 5. The molecule has 3 rings (SSSR count). The van der Waals surface area contributed by atoms with Crippen LogP contribution in [-0.4, -0.2) is 21.4 Å². The van der Waals surface area contributed by atoms with Crippen molar-refractivity contribution < 1.29 is 14.0 Å². The molecule has 7 nitrogen and oxygen atoms in total. The van der Waals surface area contributed by atoms with Gasteiger partial charge in [0.1, 0.15) is 18.1 Å². The first-order valence-corrected chi connectivity index (χ1v) is 8.89. The van der Waals surface area contributed by atoms with E-state index in [-0.39, 0.29) is 29.2 Å². The Balaban J connectivity index is 1.78. The smallest absolute Gasteiger partial charge is 0.274 e. The van der Waals surface area contributed by atoms with Crippen LogP contribution in [0.15, 0.2) is 70.2 Å². The lowest BCUT2D eigenvalue weighted by Gasteiger charge is -2.13. The summed E-state index contributed by atoms with van der Waals surface area (Å²) in [4.78, 5) is 40.4. The standard InChI is InChI=1S/C19H14BrFN4O3/c20-12-4-7-18(27)25(10-12)11-17(26)23-16-9-13(21)5-6-14(16)24-19(28)15-3-1-2-8-22-15/h1-10H,11H2,(H,23,26)(H,24,28). The number of aromatic nitrogens is 2. The third kappa shape index (κ3) is 4.89. The van der Waals surface area contributed by atoms with Gasteiger partial charge in [0.15, 0.2) is 0 Å². The number of hydrogen-bond acceptors (Lipinski definition) is 4. The topological polar surface area (TPSA) is 93.1 Å². The third-order valence-electron chi connectivity index (χ3n) is 3.66. The first-order chi connectivity index (χ1) is 13.4. The van der Waals surface area contributed by atoms with Crippen molar-refractivity contribution >= 4 is 39.1 Å². The molecular weight excluding hydrogens is 431 g/mol. The Morgan fingerprint density at radius 3 is 2.64 bits per heavy atom. The molecule has 28 heavy (non-hydrogen) atoms. The summed E-state index contributed by atoms with van der Waals surface area (Å²) >= 11 is 3.23. The van der Waals surface area contributed by atoms with Crippen molar-refractivity contribution in [3.8, 4) is 0 Å². The van der Waals surface area contributed by atoms with Crippen LogP contribution >= 0.6 is 15.9 Å². The maximum atomic E-state index is 13.7. The van der Waals surface area contributed by atoms with E-state index in [1.807, 2.05) is 0 Å². The Labute approximate surface area is 167 Å². The maximum absolute atomic E-state index is 13.7. The van der Waals surface area contributed by atoms with Gasteiger partial charge in [0.05, 0.1) is 11.4 Å². The van der Waals surface area contributed by atoms with E-state index in [1.54, 1.807) is 18.2 Å². The van der Waals surface area contributed by atoms with Crippen LogP contribution in [0, 0.1) is 5.82 Å². The number of benzene rings is 1. The number of carbonyl (C=O) groups is 2. The molecule has 0 radical (unpaired) electrons. The Hall–Kier alpha value is -3.33. The Morgan fingerprint density at radius 2 is 1.89 bits per heavy atom. The molecule has 0 saturated carbocycles. The summed E-state index contributed by atoms with van der Waals surface area (Å²) in [6, 6.07) is 11.3. The molecule has 2 amide bonds. The van der Waals surface area contributed by atoms with Gasteiger partial charge in [-0.1, -0.05) is 6.07 Å². The maximum Gasteiger partial charge on any atom is 0.274 e. The summed E-state index contributed by atoms with van der Waals surface area (Å²) in [6.07, 6.45) is 2.94. The predicted molar refractivity (Wildman–Crippen MR) is 106 cm³/mol. The lowest BCUT2D eigenvalue weighted by Crippen LogP contribution is -2.27. The highest BCUT2D eigenvalue weighted by Crippen LogP contribution is 2.23. The van der Waals surface area contributed by atoms with E-state index in [2.05, 4.69) is 31.5 Å². The molecule has 0 aliphatic carbocycles. The molecule has 1 aromatic carbocycles. The summed E-state index contributed by atoms with van der Waals surface area (Å²) < 4.78 is 15.5. The highest BCUT2D eigenvalue weighted by Gasteiger charge is 2.13. The van der Waals surface area contributed by atoms with Crippen LogP contribution in [0.1, 0.15) is 10.5 Å². The fourth-order valence-electron chi connectivity index (χ4n) is 2.38. The Kier molecular flexibility index (Phi) is 5.95. The van der Waals surface area contributed by atoms with E-state index < -0.39 is 17.6 Å². The second-order valence-electron chi connectivity index (χ2n) is 5.72. The zero-order valence-corrected chi connectivity index (χ0v) is 15.9. The minimum atomic E-state index is -0.592. The van der Waals surface area contributed by atoms with Gasteiger partial charge in [0.2, 0.25) is 5.91 Å². The first kappa shape index (κ1) is 19.4. The van der Waals surface area contributed by atoms with Gasteiger partial charge in [0, 0.05) is 22.9 Å². The molecule has 0 unspecified atom stereocenters. The molecule has 0 saturated heterocycles. The van der Waals surface area contributed by atoms with Crippen LogP contribution in [0.2, 0.25) is 0 Å². The van der Waals surface area contributed by atoms with Crippen molar-refractivity contribution in [3.05, 3.63) is 87.3 Å². The van der Waals surface area contributed by atoms with E-state index in [0.717, 1.165) is 12.1 Å². The zero-order valence-electron chi connectivity index (χ0n) is 14.4. The highest BCUT2D eigenvalue weighted by molar-refractivity contribution is 9.10. The number of nitrogens with zero attached hydrogens (tertiary/aromatic N) is 2. The van der Waals surface area contributed by atoms with Gasteiger partial charge >= 0.3 is 0 Å². The average Bonchev–Trinajstić information content (AvgIpc) is 2.67. The number of halogens is 2. The first-order valence-electron chi connectivity index (χ1n) is 8.10. The minimum absolute atomic E-state index is 0.0670. The van der Waals surface area contributed by atoms with Gasteiger partial charge in [-0.3, -0.25) is 19.4 Å². The number of hydrogen-bond donors (Lipinski definition) is 2. The fourth-order valence-corrected chi connectivity index (χ4v) is 2.76. The van der Waals surface area contributed by atoms with Crippen LogP contribution in [-0.2, 0) is 11.3 Å².